The molecular weight excluding hydrogens is 260 g/mol. The number of aryl methyl sites for hydroxylation is 1. The van der Waals surface area contributed by atoms with E-state index in [0.717, 1.165) is 5.56 Å². The second-order valence-electron chi connectivity index (χ2n) is 4.99. The SMILES string of the molecule is Cc1cccnc1CC(=O)NC1(C(=O)O)CCOCC1. The third-order valence-electron chi connectivity index (χ3n) is 3.58. The highest BCUT2D eigenvalue weighted by molar-refractivity contribution is 5.88. The van der Waals surface area contributed by atoms with Crippen molar-refractivity contribution in [2.24, 2.45) is 0 Å². The first kappa shape index (κ1) is 14.5. The second kappa shape index (κ2) is 6.00. The van der Waals surface area contributed by atoms with Crippen molar-refractivity contribution in [3.63, 3.8) is 0 Å². The number of carboxylic acid groups (broad SMARTS) is 1. The quantitative estimate of drug-likeness (QED) is 0.845. The molecule has 1 aliphatic heterocycles. The molecule has 1 aromatic rings. The van der Waals surface area contributed by atoms with E-state index in [-0.39, 0.29) is 25.2 Å². The van der Waals surface area contributed by atoms with Gasteiger partial charge in [-0.3, -0.25) is 9.78 Å². The molecule has 0 bridgehead atoms. The Bertz CT molecular complexity index is 510. The van der Waals surface area contributed by atoms with E-state index in [0.29, 0.717) is 18.9 Å². The van der Waals surface area contributed by atoms with Crippen LogP contribution in [0, 0.1) is 6.92 Å². The van der Waals surface area contributed by atoms with E-state index in [1.165, 1.54) is 0 Å². The topological polar surface area (TPSA) is 88.5 Å². The number of pyridine rings is 1. The second-order valence-corrected chi connectivity index (χ2v) is 4.99. The van der Waals surface area contributed by atoms with Gasteiger partial charge in [0.05, 0.1) is 12.1 Å². The number of aliphatic carboxylic acids is 1. The lowest BCUT2D eigenvalue weighted by Gasteiger charge is -2.33. The van der Waals surface area contributed by atoms with Crippen LogP contribution in [0.3, 0.4) is 0 Å². The largest absolute Gasteiger partial charge is 0.480 e. The van der Waals surface area contributed by atoms with Gasteiger partial charge in [-0.25, -0.2) is 4.79 Å². The van der Waals surface area contributed by atoms with Gasteiger partial charge >= 0.3 is 5.97 Å². The molecule has 1 saturated heterocycles. The lowest BCUT2D eigenvalue weighted by molar-refractivity contribution is -0.152. The number of carboxylic acids is 1. The van der Waals surface area contributed by atoms with Crippen LogP contribution in [0.15, 0.2) is 18.3 Å². The van der Waals surface area contributed by atoms with Gasteiger partial charge in [0.25, 0.3) is 0 Å². The van der Waals surface area contributed by atoms with Crippen LogP contribution in [0.25, 0.3) is 0 Å². The molecule has 0 unspecified atom stereocenters. The van der Waals surface area contributed by atoms with Crippen LogP contribution in [-0.4, -0.2) is 40.7 Å². The summed E-state index contributed by atoms with van der Waals surface area (Å²) >= 11 is 0. The zero-order chi connectivity index (χ0) is 14.6. The molecular formula is C14H18N2O4. The molecule has 6 heteroatoms. The summed E-state index contributed by atoms with van der Waals surface area (Å²) in [5, 5.41) is 12.0. The van der Waals surface area contributed by atoms with Gasteiger partial charge in [-0.05, 0) is 18.6 Å². The fourth-order valence-corrected chi connectivity index (χ4v) is 2.28. The van der Waals surface area contributed by atoms with Crippen LogP contribution in [0.1, 0.15) is 24.1 Å². The van der Waals surface area contributed by atoms with E-state index in [1.807, 2.05) is 13.0 Å². The lowest BCUT2D eigenvalue weighted by atomic mass is 9.90. The minimum Gasteiger partial charge on any atom is -0.480 e. The van der Waals surface area contributed by atoms with Crippen molar-refractivity contribution in [1.29, 1.82) is 0 Å². The minimum atomic E-state index is -1.21. The van der Waals surface area contributed by atoms with E-state index < -0.39 is 11.5 Å². The molecule has 0 aliphatic carbocycles. The Kier molecular flexibility index (Phi) is 4.34. The molecule has 0 atom stereocenters. The number of hydrogen-bond acceptors (Lipinski definition) is 4. The number of carbonyl (C=O) groups is 2. The third-order valence-corrected chi connectivity index (χ3v) is 3.58. The maximum absolute atomic E-state index is 12.1. The van der Waals surface area contributed by atoms with E-state index in [4.69, 9.17) is 4.74 Å². The Hall–Kier alpha value is -1.95. The van der Waals surface area contributed by atoms with Crippen LogP contribution in [-0.2, 0) is 20.7 Å². The number of amides is 1. The molecule has 1 aromatic heterocycles. The number of carbonyl (C=O) groups excluding carboxylic acids is 1. The first-order valence-electron chi connectivity index (χ1n) is 6.56. The Morgan fingerprint density at radius 1 is 1.45 bits per heavy atom. The molecule has 108 valence electrons. The van der Waals surface area contributed by atoms with Crippen molar-refractivity contribution in [3.8, 4) is 0 Å². The number of nitrogens with zero attached hydrogens (tertiary/aromatic N) is 1. The predicted octanol–water partition coefficient (Wildman–Crippen LogP) is 0.683. The van der Waals surface area contributed by atoms with Gasteiger partial charge in [0.1, 0.15) is 5.54 Å². The zero-order valence-electron chi connectivity index (χ0n) is 11.4. The first-order chi connectivity index (χ1) is 9.53. The summed E-state index contributed by atoms with van der Waals surface area (Å²) in [5.74, 6) is -1.33. The molecule has 1 fully saturated rings. The van der Waals surface area contributed by atoms with Crippen LogP contribution in [0.5, 0.6) is 0 Å². The standard InChI is InChI=1S/C14H18N2O4/c1-10-3-2-6-15-11(10)9-12(17)16-14(13(18)19)4-7-20-8-5-14/h2-3,6H,4-5,7-9H2,1H3,(H,16,17)(H,18,19). The summed E-state index contributed by atoms with van der Waals surface area (Å²) in [4.78, 5) is 27.7. The van der Waals surface area contributed by atoms with Crippen molar-refractivity contribution in [1.82, 2.24) is 10.3 Å². The molecule has 2 heterocycles. The predicted molar refractivity (Wildman–Crippen MR) is 71.2 cm³/mol. The Morgan fingerprint density at radius 2 is 2.15 bits per heavy atom. The van der Waals surface area contributed by atoms with E-state index >= 15 is 0 Å². The van der Waals surface area contributed by atoms with E-state index in [2.05, 4.69) is 10.3 Å². The van der Waals surface area contributed by atoms with Gasteiger partial charge in [0, 0.05) is 32.3 Å². The van der Waals surface area contributed by atoms with Crippen molar-refractivity contribution in [2.45, 2.75) is 31.7 Å². The average Bonchev–Trinajstić information content (AvgIpc) is 2.42. The zero-order valence-corrected chi connectivity index (χ0v) is 11.4. The number of rotatable bonds is 4. The maximum Gasteiger partial charge on any atom is 0.329 e. The maximum atomic E-state index is 12.1. The van der Waals surface area contributed by atoms with E-state index in [1.54, 1.807) is 12.3 Å². The van der Waals surface area contributed by atoms with Gasteiger partial charge in [0.2, 0.25) is 5.91 Å². The fraction of sp³-hybridized carbons (Fsp3) is 0.500. The van der Waals surface area contributed by atoms with Crippen LogP contribution >= 0.6 is 0 Å². The van der Waals surface area contributed by atoms with Gasteiger partial charge in [-0.1, -0.05) is 6.07 Å². The van der Waals surface area contributed by atoms with Gasteiger partial charge < -0.3 is 15.2 Å². The lowest BCUT2D eigenvalue weighted by Crippen LogP contribution is -2.57. The molecule has 1 aliphatic rings. The van der Waals surface area contributed by atoms with Crippen LogP contribution in [0.2, 0.25) is 0 Å². The first-order valence-corrected chi connectivity index (χ1v) is 6.56. The van der Waals surface area contributed by atoms with E-state index in [9.17, 15) is 14.7 Å². The van der Waals surface area contributed by atoms with Crippen molar-refractivity contribution in [2.75, 3.05) is 13.2 Å². The Labute approximate surface area is 117 Å². The normalized spacial score (nSPS) is 17.4. The van der Waals surface area contributed by atoms with Gasteiger partial charge in [-0.15, -0.1) is 0 Å². The highest BCUT2D eigenvalue weighted by Crippen LogP contribution is 2.21. The summed E-state index contributed by atoms with van der Waals surface area (Å²) in [6.45, 7) is 2.56. The molecule has 0 aromatic carbocycles. The van der Waals surface area contributed by atoms with Crippen molar-refractivity contribution < 1.29 is 19.4 Å². The molecule has 0 spiro atoms. The molecule has 6 nitrogen and oxygen atoms in total. The van der Waals surface area contributed by atoms with Gasteiger partial charge in [-0.2, -0.15) is 0 Å². The monoisotopic (exact) mass is 278 g/mol. The van der Waals surface area contributed by atoms with Crippen molar-refractivity contribution in [3.05, 3.63) is 29.6 Å². The number of ether oxygens (including phenoxy) is 1. The highest BCUT2D eigenvalue weighted by Gasteiger charge is 2.41. The number of aromatic nitrogens is 1. The number of hydrogen-bond donors (Lipinski definition) is 2. The molecule has 2 rings (SSSR count). The molecule has 2 N–H and O–H groups in total. The summed E-state index contributed by atoms with van der Waals surface area (Å²) in [7, 11) is 0. The molecule has 0 saturated carbocycles. The summed E-state index contributed by atoms with van der Waals surface area (Å²) < 4.78 is 5.17. The summed E-state index contributed by atoms with van der Waals surface area (Å²) in [5.41, 5.74) is 0.370. The van der Waals surface area contributed by atoms with Gasteiger partial charge in [0.15, 0.2) is 0 Å². The minimum absolute atomic E-state index is 0.0859. The molecule has 0 radical (unpaired) electrons. The Morgan fingerprint density at radius 3 is 2.75 bits per heavy atom. The third kappa shape index (κ3) is 3.14. The fourth-order valence-electron chi connectivity index (χ4n) is 2.28. The van der Waals surface area contributed by atoms with Crippen LogP contribution < -0.4 is 5.32 Å². The number of nitrogens with one attached hydrogen (secondary N) is 1. The molecule has 1 amide bonds. The average molecular weight is 278 g/mol. The Balaban J connectivity index is 2.06. The molecule has 20 heavy (non-hydrogen) atoms. The summed E-state index contributed by atoms with van der Waals surface area (Å²) in [6, 6.07) is 3.67. The highest BCUT2D eigenvalue weighted by atomic mass is 16.5. The van der Waals surface area contributed by atoms with Crippen molar-refractivity contribution >= 4 is 11.9 Å². The van der Waals surface area contributed by atoms with Crippen LogP contribution in [0.4, 0.5) is 0 Å². The smallest absolute Gasteiger partial charge is 0.329 e. The summed E-state index contributed by atoms with van der Waals surface area (Å²) in [6.07, 6.45) is 2.28.